The molecule has 106 valence electrons. The maximum Gasteiger partial charge on any atom is 0.417 e. The molecule has 0 fully saturated rings. The van der Waals surface area contributed by atoms with Gasteiger partial charge in [0.2, 0.25) is 0 Å². The van der Waals surface area contributed by atoms with Crippen LogP contribution in [0.4, 0.5) is 13.2 Å². The molecule has 1 heterocycles. The van der Waals surface area contributed by atoms with Crippen LogP contribution in [0.5, 0.6) is 0 Å². The minimum absolute atomic E-state index is 0.00718. The lowest BCUT2D eigenvalue weighted by Crippen LogP contribution is -2.27. The standard InChI is InChI=1S/C14H13F3N2O/c15-14(16,17)11-6-7-13(20)19(8-11)9-12(18)10-4-2-1-3-5-10/h1-8,12H,9,18H2. The first kappa shape index (κ1) is 14.3. The van der Waals surface area contributed by atoms with Crippen LogP contribution in [0.15, 0.2) is 53.5 Å². The molecule has 20 heavy (non-hydrogen) atoms. The number of aromatic nitrogens is 1. The summed E-state index contributed by atoms with van der Waals surface area (Å²) in [4.78, 5) is 11.6. The van der Waals surface area contributed by atoms with Crippen LogP contribution < -0.4 is 11.3 Å². The Kier molecular flexibility index (Phi) is 3.94. The second kappa shape index (κ2) is 5.50. The van der Waals surface area contributed by atoms with E-state index >= 15 is 0 Å². The fourth-order valence-corrected chi connectivity index (χ4v) is 1.86. The van der Waals surface area contributed by atoms with E-state index in [1.807, 2.05) is 6.07 Å². The van der Waals surface area contributed by atoms with Crippen molar-refractivity contribution in [2.75, 3.05) is 0 Å². The molecule has 1 aromatic carbocycles. The third-order valence-corrected chi connectivity index (χ3v) is 2.93. The van der Waals surface area contributed by atoms with Gasteiger partial charge in [-0.1, -0.05) is 30.3 Å². The van der Waals surface area contributed by atoms with Crippen molar-refractivity contribution in [1.29, 1.82) is 0 Å². The third kappa shape index (κ3) is 3.27. The molecule has 0 radical (unpaired) electrons. The number of alkyl halides is 3. The Balaban J connectivity index is 2.27. The molecule has 2 rings (SSSR count). The maximum absolute atomic E-state index is 12.6. The fraction of sp³-hybridized carbons (Fsp3) is 0.214. The van der Waals surface area contributed by atoms with Gasteiger partial charge in [-0.05, 0) is 11.6 Å². The lowest BCUT2D eigenvalue weighted by molar-refractivity contribution is -0.138. The normalized spacial score (nSPS) is 13.2. The molecule has 0 aliphatic heterocycles. The summed E-state index contributed by atoms with van der Waals surface area (Å²) in [7, 11) is 0. The zero-order valence-electron chi connectivity index (χ0n) is 10.5. The maximum atomic E-state index is 12.6. The highest BCUT2D eigenvalue weighted by atomic mass is 19.4. The second-order valence-electron chi connectivity index (χ2n) is 4.42. The van der Waals surface area contributed by atoms with Gasteiger partial charge in [-0.25, -0.2) is 0 Å². The summed E-state index contributed by atoms with van der Waals surface area (Å²) >= 11 is 0. The number of nitrogens with zero attached hydrogens (tertiary/aromatic N) is 1. The van der Waals surface area contributed by atoms with Gasteiger partial charge in [0.25, 0.3) is 5.56 Å². The summed E-state index contributed by atoms with van der Waals surface area (Å²) in [6, 6.07) is 10.0. The quantitative estimate of drug-likeness (QED) is 0.940. The monoisotopic (exact) mass is 282 g/mol. The van der Waals surface area contributed by atoms with Crippen LogP contribution in [-0.2, 0) is 12.7 Å². The Morgan fingerprint density at radius 2 is 1.75 bits per heavy atom. The molecule has 0 aliphatic rings. The van der Waals surface area contributed by atoms with E-state index in [0.717, 1.165) is 28.5 Å². The molecular formula is C14H13F3N2O. The number of halogens is 3. The number of hydrogen-bond donors (Lipinski definition) is 1. The number of pyridine rings is 1. The summed E-state index contributed by atoms with van der Waals surface area (Å²) in [5, 5.41) is 0. The first-order valence-corrected chi connectivity index (χ1v) is 5.96. The van der Waals surface area contributed by atoms with Crippen LogP contribution in [0.1, 0.15) is 17.2 Å². The van der Waals surface area contributed by atoms with E-state index in [0.29, 0.717) is 0 Å². The van der Waals surface area contributed by atoms with Gasteiger partial charge >= 0.3 is 6.18 Å². The smallest absolute Gasteiger partial charge is 0.322 e. The minimum atomic E-state index is -4.48. The van der Waals surface area contributed by atoms with Crippen LogP contribution in [0.25, 0.3) is 0 Å². The largest absolute Gasteiger partial charge is 0.417 e. The summed E-state index contributed by atoms with van der Waals surface area (Å²) in [6.45, 7) is -0.00718. The Morgan fingerprint density at radius 1 is 1.10 bits per heavy atom. The number of rotatable bonds is 3. The Labute approximate surface area is 113 Å². The Bertz CT molecular complexity index is 635. The van der Waals surface area contributed by atoms with Crippen LogP contribution in [0.2, 0.25) is 0 Å². The average molecular weight is 282 g/mol. The predicted octanol–water partition coefficient (Wildman–Crippen LogP) is 2.57. The van der Waals surface area contributed by atoms with Crippen LogP contribution in [-0.4, -0.2) is 4.57 Å². The van der Waals surface area contributed by atoms with Gasteiger partial charge < -0.3 is 10.3 Å². The van der Waals surface area contributed by atoms with Gasteiger partial charge in [-0.15, -0.1) is 0 Å². The molecule has 3 nitrogen and oxygen atoms in total. The Hall–Kier alpha value is -2.08. The molecule has 1 unspecified atom stereocenters. The topological polar surface area (TPSA) is 48.0 Å². The molecule has 2 aromatic rings. The van der Waals surface area contributed by atoms with Crippen LogP contribution >= 0.6 is 0 Å². The number of benzene rings is 1. The highest BCUT2D eigenvalue weighted by molar-refractivity contribution is 5.19. The zero-order valence-corrected chi connectivity index (χ0v) is 10.5. The molecule has 0 bridgehead atoms. The van der Waals surface area contributed by atoms with Crippen LogP contribution in [0, 0.1) is 0 Å². The second-order valence-corrected chi connectivity index (χ2v) is 4.42. The van der Waals surface area contributed by atoms with E-state index in [-0.39, 0.29) is 6.54 Å². The SMILES string of the molecule is NC(Cn1cc(C(F)(F)F)ccc1=O)c1ccccc1. The van der Waals surface area contributed by atoms with Gasteiger partial charge in [-0.3, -0.25) is 4.79 Å². The van der Waals surface area contributed by atoms with Crippen molar-refractivity contribution >= 4 is 0 Å². The first-order chi connectivity index (χ1) is 9.38. The molecule has 0 saturated carbocycles. The molecule has 0 amide bonds. The van der Waals surface area contributed by atoms with Gasteiger partial charge in [0.1, 0.15) is 0 Å². The summed E-state index contributed by atoms with van der Waals surface area (Å²) in [5.74, 6) is 0. The molecule has 1 aromatic heterocycles. The lowest BCUT2D eigenvalue weighted by Gasteiger charge is -2.15. The van der Waals surface area contributed by atoms with E-state index < -0.39 is 23.3 Å². The molecule has 2 N–H and O–H groups in total. The fourth-order valence-electron chi connectivity index (χ4n) is 1.86. The first-order valence-electron chi connectivity index (χ1n) is 5.96. The van der Waals surface area contributed by atoms with Crippen molar-refractivity contribution < 1.29 is 13.2 Å². The van der Waals surface area contributed by atoms with Crippen molar-refractivity contribution in [3.05, 3.63) is 70.1 Å². The minimum Gasteiger partial charge on any atom is -0.322 e. The molecule has 0 saturated heterocycles. The highest BCUT2D eigenvalue weighted by Gasteiger charge is 2.31. The van der Waals surface area contributed by atoms with Gasteiger partial charge in [0.15, 0.2) is 0 Å². The number of nitrogens with two attached hydrogens (primary N) is 1. The summed E-state index contributed by atoms with van der Waals surface area (Å²) < 4.78 is 38.8. The Morgan fingerprint density at radius 3 is 2.35 bits per heavy atom. The number of hydrogen-bond acceptors (Lipinski definition) is 2. The van der Waals surface area contributed by atoms with Gasteiger partial charge in [-0.2, -0.15) is 13.2 Å². The van der Waals surface area contributed by atoms with E-state index in [1.165, 1.54) is 0 Å². The summed E-state index contributed by atoms with van der Waals surface area (Å²) in [6.07, 6.45) is -3.68. The molecule has 0 spiro atoms. The van der Waals surface area contributed by atoms with Crippen molar-refractivity contribution in [3.63, 3.8) is 0 Å². The summed E-state index contributed by atoms with van der Waals surface area (Å²) in [5.41, 5.74) is 5.30. The van der Waals surface area contributed by atoms with Crippen molar-refractivity contribution in [3.8, 4) is 0 Å². The van der Waals surface area contributed by atoms with E-state index in [9.17, 15) is 18.0 Å². The molecule has 1 atom stereocenters. The lowest BCUT2D eigenvalue weighted by atomic mass is 10.1. The van der Waals surface area contributed by atoms with Gasteiger partial charge in [0, 0.05) is 24.8 Å². The average Bonchev–Trinajstić information content (AvgIpc) is 2.41. The predicted molar refractivity (Wildman–Crippen MR) is 69.1 cm³/mol. The zero-order chi connectivity index (χ0) is 14.8. The highest BCUT2D eigenvalue weighted by Crippen LogP contribution is 2.28. The molecule has 6 heteroatoms. The molecule has 0 aliphatic carbocycles. The van der Waals surface area contributed by atoms with E-state index in [1.54, 1.807) is 24.3 Å². The van der Waals surface area contributed by atoms with Crippen LogP contribution in [0.3, 0.4) is 0 Å². The van der Waals surface area contributed by atoms with Crippen molar-refractivity contribution in [2.45, 2.75) is 18.8 Å². The van der Waals surface area contributed by atoms with E-state index in [2.05, 4.69) is 0 Å². The molecular weight excluding hydrogens is 269 g/mol. The third-order valence-electron chi connectivity index (χ3n) is 2.93. The van der Waals surface area contributed by atoms with E-state index in [4.69, 9.17) is 5.73 Å². The van der Waals surface area contributed by atoms with Crippen molar-refractivity contribution in [2.24, 2.45) is 5.73 Å². The van der Waals surface area contributed by atoms with Crippen molar-refractivity contribution in [1.82, 2.24) is 4.57 Å². The van der Waals surface area contributed by atoms with Gasteiger partial charge in [0.05, 0.1) is 5.56 Å².